The van der Waals surface area contributed by atoms with Crippen molar-refractivity contribution in [2.75, 3.05) is 0 Å². The summed E-state index contributed by atoms with van der Waals surface area (Å²) in [6.45, 7) is 26.0. The zero-order chi connectivity index (χ0) is 30.3. The summed E-state index contributed by atoms with van der Waals surface area (Å²) in [5.74, 6) is 0.637. The number of hydrogen-bond donors (Lipinski definition) is 2. The molecule has 1 saturated carbocycles. The van der Waals surface area contributed by atoms with Crippen LogP contribution in [0.25, 0.3) is 0 Å². The average Bonchev–Trinajstić information content (AvgIpc) is 2.80. The molecule has 0 bridgehead atoms. The first-order valence-electron chi connectivity index (χ1n) is 15.0. The monoisotopic (exact) mass is 598 g/mol. The Morgan fingerprint density at radius 3 is 1.15 bits per heavy atom. The van der Waals surface area contributed by atoms with Crippen LogP contribution in [0.4, 0.5) is 0 Å². The van der Waals surface area contributed by atoms with Crippen LogP contribution < -0.4 is 0 Å². The van der Waals surface area contributed by atoms with Crippen LogP contribution in [0.15, 0.2) is 34.3 Å². The molecule has 2 aromatic rings. The van der Waals surface area contributed by atoms with E-state index in [0.717, 1.165) is 47.9 Å². The SMILES string of the molecule is CC(C)(C)c1cc(C=N[C@@H]2CCCC[C@H]2N=Cc2cc(C(C)(C)C)cc(C(C)(C)C)c2O)c(O)c(C(C)(C)C)c1.[Cr]. The van der Waals surface area contributed by atoms with Gasteiger partial charge in [0.25, 0.3) is 0 Å². The van der Waals surface area contributed by atoms with E-state index in [4.69, 9.17) is 9.98 Å². The fraction of sp³-hybridized carbons (Fsp3) is 0.611. The summed E-state index contributed by atoms with van der Waals surface area (Å²) in [4.78, 5) is 10.1. The third kappa shape index (κ3) is 8.71. The van der Waals surface area contributed by atoms with Crippen molar-refractivity contribution in [3.63, 3.8) is 0 Å². The quantitative estimate of drug-likeness (QED) is 0.345. The number of aromatic hydroxyl groups is 2. The Labute approximate surface area is 260 Å². The van der Waals surface area contributed by atoms with Crippen LogP contribution in [0.2, 0.25) is 0 Å². The molecule has 0 amide bonds. The molecule has 0 spiro atoms. The number of benzene rings is 2. The Bertz CT molecular complexity index is 1170. The van der Waals surface area contributed by atoms with Crippen molar-refractivity contribution in [2.45, 2.75) is 143 Å². The van der Waals surface area contributed by atoms with Crippen molar-refractivity contribution in [2.24, 2.45) is 9.98 Å². The van der Waals surface area contributed by atoms with E-state index in [0.29, 0.717) is 11.5 Å². The molecule has 3 rings (SSSR count). The maximum atomic E-state index is 11.2. The molecule has 0 heterocycles. The van der Waals surface area contributed by atoms with Crippen LogP contribution in [-0.4, -0.2) is 34.7 Å². The van der Waals surface area contributed by atoms with Gasteiger partial charge in [0.1, 0.15) is 11.5 Å². The molecule has 5 heteroatoms. The summed E-state index contributed by atoms with van der Waals surface area (Å²) in [5.41, 5.74) is 5.39. The van der Waals surface area contributed by atoms with Crippen molar-refractivity contribution in [1.82, 2.24) is 0 Å². The Balaban J connectivity index is 0.00000588. The largest absolute Gasteiger partial charge is 0.507 e. The van der Waals surface area contributed by atoms with Crippen molar-refractivity contribution < 1.29 is 27.6 Å². The second-order valence-corrected chi connectivity index (χ2v) is 15.9. The minimum Gasteiger partial charge on any atom is -0.507 e. The Kier molecular flexibility index (Phi) is 10.8. The van der Waals surface area contributed by atoms with Gasteiger partial charge >= 0.3 is 0 Å². The predicted octanol–water partition coefficient (Wildman–Crippen LogP) is 9.13. The number of phenolic OH excluding ortho intramolecular Hbond substituents is 2. The van der Waals surface area contributed by atoms with Crippen molar-refractivity contribution in [3.05, 3.63) is 57.6 Å². The molecule has 4 nitrogen and oxygen atoms in total. The van der Waals surface area contributed by atoms with Crippen LogP contribution in [-0.2, 0) is 39.0 Å². The van der Waals surface area contributed by atoms with E-state index < -0.39 is 0 Å². The molecule has 41 heavy (non-hydrogen) atoms. The van der Waals surface area contributed by atoms with Gasteiger partial charge in [0.05, 0.1) is 12.1 Å². The number of hydrogen-bond acceptors (Lipinski definition) is 4. The molecular formula is C36H54CrN2O2. The first-order valence-corrected chi connectivity index (χ1v) is 15.0. The first-order chi connectivity index (χ1) is 18.2. The third-order valence-electron chi connectivity index (χ3n) is 8.13. The summed E-state index contributed by atoms with van der Waals surface area (Å²) >= 11 is 0. The Hall–Kier alpha value is -2.09. The molecule has 1 aliphatic rings. The molecule has 0 unspecified atom stereocenters. The van der Waals surface area contributed by atoms with Gasteiger partial charge in [-0.15, -0.1) is 0 Å². The zero-order valence-corrected chi connectivity index (χ0v) is 28.9. The summed E-state index contributed by atoms with van der Waals surface area (Å²) in [6, 6.07) is 8.53. The van der Waals surface area contributed by atoms with Crippen LogP contribution in [0.1, 0.15) is 142 Å². The van der Waals surface area contributed by atoms with Gasteiger partial charge in [-0.2, -0.15) is 0 Å². The Morgan fingerprint density at radius 2 is 0.878 bits per heavy atom. The average molecular weight is 599 g/mol. The fourth-order valence-corrected chi connectivity index (χ4v) is 5.31. The van der Waals surface area contributed by atoms with Crippen molar-refractivity contribution in [1.29, 1.82) is 0 Å². The van der Waals surface area contributed by atoms with E-state index >= 15 is 0 Å². The number of rotatable bonds is 4. The van der Waals surface area contributed by atoms with Gasteiger partial charge in [0.15, 0.2) is 0 Å². The molecule has 2 N–H and O–H groups in total. The van der Waals surface area contributed by atoms with Crippen LogP contribution in [0.5, 0.6) is 11.5 Å². The zero-order valence-electron chi connectivity index (χ0n) is 27.6. The summed E-state index contributed by atoms with van der Waals surface area (Å²) < 4.78 is 0. The molecule has 0 radical (unpaired) electrons. The molecule has 2 aromatic carbocycles. The van der Waals surface area contributed by atoms with Crippen LogP contribution in [0, 0.1) is 0 Å². The molecule has 1 fully saturated rings. The summed E-state index contributed by atoms with van der Waals surface area (Å²) in [6.07, 6.45) is 7.90. The van der Waals surface area contributed by atoms with Crippen LogP contribution in [0.3, 0.4) is 0 Å². The summed E-state index contributed by atoms with van der Waals surface area (Å²) in [5, 5.41) is 22.5. The van der Waals surface area contributed by atoms with Gasteiger partial charge in [-0.25, -0.2) is 0 Å². The second-order valence-electron chi connectivity index (χ2n) is 15.9. The molecule has 2 atom stereocenters. The first kappa shape index (κ1) is 35.1. The second kappa shape index (κ2) is 12.6. The van der Waals surface area contributed by atoms with E-state index in [-0.39, 0.29) is 51.1 Å². The van der Waals surface area contributed by atoms with Crippen molar-refractivity contribution in [3.8, 4) is 11.5 Å². The van der Waals surface area contributed by atoms with Crippen molar-refractivity contribution >= 4 is 12.4 Å². The van der Waals surface area contributed by atoms with E-state index in [1.54, 1.807) is 0 Å². The molecule has 226 valence electrons. The van der Waals surface area contributed by atoms with Gasteiger partial charge in [-0.3, -0.25) is 9.98 Å². The van der Waals surface area contributed by atoms with Gasteiger partial charge in [-0.1, -0.05) is 108 Å². The van der Waals surface area contributed by atoms with Gasteiger partial charge in [-0.05, 0) is 57.8 Å². The van der Waals surface area contributed by atoms with E-state index in [2.05, 4.69) is 107 Å². The standard InChI is InChI=1S/C36H54N2O2.Cr/c1-33(2,3)25-17-23(31(39)27(19-25)35(7,8)9)21-37-29-15-13-14-16-30(29)38-22-24-18-26(34(4,5)6)20-28(32(24)40)36(10,11)12;/h17-22,29-30,39-40H,13-16H2,1-12H3;/t29-,30-;/m1./s1. The molecule has 0 saturated heterocycles. The topological polar surface area (TPSA) is 65.2 Å². The molecule has 1 aliphatic carbocycles. The molecule has 0 aliphatic heterocycles. The van der Waals surface area contributed by atoms with E-state index in [9.17, 15) is 10.2 Å². The smallest absolute Gasteiger partial charge is 0.128 e. The minimum atomic E-state index is -0.179. The molecule has 0 aromatic heterocycles. The maximum absolute atomic E-state index is 11.2. The molecular weight excluding hydrogens is 544 g/mol. The maximum Gasteiger partial charge on any atom is 0.128 e. The normalized spacial score (nSPS) is 19.1. The Morgan fingerprint density at radius 1 is 0.561 bits per heavy atom. The number of nitrogens with zero attached hydrogens (tertiary/aromatic N) is 2. The minimum absolute atomic E-state index is 0. The van der Waals surface area contributed by atoms with Gasteiger partial charge in [0, 0.05) is 52.0 Å². The summed E-state index contributed by atoms with van der Waals surface area (Å²) in [7, 11) is 0. The predicted molar refractivity (Wildman–Crippen MR) is 172 cm³/mol. The third-order valence-corrected chi connectivity index (χ3v) is 8.13. The van der Waals surface area contributed by atoms with Gasteiger partial charge in [0.2, 0.25) is 0 Å². The number of aliphatic imine (C=N–C) groups is 2. The van der Waals surface area contributed by atoms with E-state index in [1.807, 2.05) is 12.4 Å². The van der Waals surface area contributed by atoms with Gasteiger partial charge < -0.3 is 10.2 Å². The fourth-order valence-electron chi connectivity index (χ4n) is 5.31. The van der Waals surface area contributed by atoms with Crippen LogP contribution >= 0.6 is 0 Å². The number of phenols is 2. The van der Waals surface area contributed by atoms with E-state index in [1.165, 1.54) is 11.1 Å².